The van der Waals surface area contributed by atoms with Crippen LogP contribution in [-0.2, 0) is 4.79 Å². The van der Waals surface area contributed by atoms with Crippen LogP contribution in [0.4, 0.5) is 0 Å². The van der Waals surface area contributed by atoms with Crippen LogP contribution in [0.1, 0.15) is 29.2 Å². The van der Waals surface area contributed by atoms with Crippen molar-refractivity contribution in [1.29, 1.82) is 0 Å². The molecule has 122 valence electrons. The maximum atomic E-state index is 11.9. The molecule has 0 saturated carbocycles. The van der Waals surface area contributed by atoms with Crippen LogP contribution in [0.5, 0.6) is 0 Å². The molecule has 1 atom stereocenters. The highest BCUT2D eigenvalue weighted by Crippen LogP contribution is 2.19. The summed E-state index contributed by atoms with van der Waals surface area (Å²) in [5, 5.41) is 14.5. The van der Waals surface area contributed by atoms with Gasteiger partial charge in [-0.15, -0.1) is 5.10 Å². The number of carbonyl (C=O) groups excluding carboxylic acids is 1. The number of hydrogen-bond donors (Lipinski definition) is 2. The van der Waals surface area contributed by atoms with E-state index in [0.717, 1.165) is 11.1 Å². The Morgan fingerprint density at radius 3 is 2.67 bits per heavy atom. The van der Waals surface area contributed by atoms with E-state index in [4.69, 9.17) is 11.6 Å². The van der Waals surface area contributed by atoms with Gasteiger partial charge in [0.1, 0.15) is 0 Å². The molecule has 1 heterocycles. The summed E-state index contributed by atoms with van der Waals surface area (Å²) in [6, 6.07) is 15.3. The van der Waals surface area contributed by atoms with Crippen molar-refractivity contribution < 1.29 is 4.79 Å². The summed E-state index contributed by atoms with van der Waals surface area (Å²) in [6.45, 7) is 2.03. The minimum Gasteiger partial charge on any atom is -0.347 e. The van der Waals surface area contributed by atoms with Crippen molar-refractivity contribution in [1.82, 2.24) is 10.6 Å². The summed E-state index contributed by atoms with van der Waals surface area (Å²) in [6.07, 6.45) is 1.91. The van der Waals surface area contributed by atoms with Gasteiger partial charge in [0.15, 0.2) is 0 Å². The predicted octanol–water partition coefficient (Wildman–Crippen LogP) is 3.19. The van der Waals surface area contributed by atoms with Gasteiger partial charge in [-0.1, -0.05) is 59.6 Å². The number of rotatable bonds is 3. The Kier molecular flexibility index (Phi) is 4.91. The molecule has 0 spiro atoms. The van der Waals surface area contributed by atoms with E-state index in [2.05, 4.69) is 20.8 Å². The lowest BCUT2D eigenvalue weighted by Gasteiger charge is -2.25. The predicted molar refractivity (Wildman–Crippen MR) is 96.3 cm³/mol. The van der Waals surface area contributed by atoms with Crippen LogP contribution < -0.4 is 10.6 Å². The molecule has 0 aliphatic carbocycles. The summed E-state index contributed by atoms with van der Waals surface area (Å²) < 4.78 is 0. The van der Waals surface area contributed by atoms with Gasteiger partial charge in [0.25, 0.3) is 0 Å². The number of halogens is 1. The van der Waals surface area contributed by atoms with Crippen LogP contribution >= 0.6 is 11.6 Å². The quantitative estimate of drug-likeness (QED) is 0.665. The third-order valence-corrected chi connectivity index (χ3v) is 4.04. The zero-order valence-corrected chi connectivity index (χ0v) is 13.9. The second-order valence-corrected chi connectivity index (χ2v) is 5.98. The van der Waals surface area contributed by atoms with E-state index in [1.54, 1.807) is 12.3 Å². The fourth-order valence-electron chi connectivity index (χ4n) is 2.40. The normalized spacial score (nSPS) is 19.3. The topological polar surface area (TPSA) is 65.8 Å². The van der Waals surface area contributed by atoms with Gasteiger partial charge in [-0.05, 0) is 18.6 Å². The van der Waals surface area contributed by atoms with Crippen molar-refractivity contribution in [2.24, 2.45) is 10.2 Å². The zero-order valence-electron chi connectivity index (χ0n) is 13.2. The van der Waals surface area contributed by atoms with Gasteiger partial charge in [-0.3, -0.25) is 10.1 Å². The van der Waals surface area contributed by atoms with Crippen molar-refractivity contribution in [2.45, 2.75) is 19.4 Å². The molecule has 1 unspecified atom stereocenters. The molecule has 2 aromatic rings. The highest BCUT2D eigenvalue weighted by molar-refractivity contribution is 6.33. The molecule has 1 aliphatic rings. The molecule has 1 amide bonds. The van der Waals surface area contributed by atoms with E-state index in [1.165, 1.54) is 5.56 Å². The molecule has 1 fully saturated rings. The molecule has 0 aromatic heterocycles. The lowest BCUT2D eigenvalue weighted by atomic mass is 10.0. The van der Waals surface area contributed by atoms with Gasteiger partial charge >= 0.3 is 0 Å². The summed E-state index contributed by atoms with van der Waals surface area (Å²) in [7, 11) is 0. The Balaban J connectivity index is 1.74. The first-order chi connectivity index (χ1) is 11.6. The van der Waals surface area contributed by atoms with Crippen LogP contribution in [0.2, 0.25) is 5.02 Å². The summed E-state index contributed by atoms with van der Waals surface area (Å²) >= 11 is 6.06. The number of nitrogens with zero attached hydrogens (tertiary/aromatic N) is 2. The van der Waals surface area contributed by atoms with Gasteiger partial charge in [-0.2, -0.15) is 5.10 Å². The number of aryl methyl sites for hydroxylation is 1. The highest BCUT2D eigenvalue weighted by atomic mass is 35.5. The lowest BCUT2D eigenvalue weighted by molar-refractivity contribution is -0.120. The Bertz CT molecular complexity index is 799. The molecule has 2 aromatic carbocycles. The van der Waals surface area contributed by atoms with E-state index in [-0.39, 0.29) is 11.9 Å². The molecular weight excluding hydrogens is 324 g/mol. The Morgan fingerprint density at radius 1 is 1.17 bits per heavy atom. The Morgan fingerprint density at radius 2 is 1.92 bits per heavy atom. The number of nitrogens with one attached hydrogen (secondary N) is 2. The van der Waals surface area contributed by atoms with Crippen molar-refractivity contribution in [3.05, 3.63) is 70.2 Å². The molecule has 24 heavy (non-hydrogen) atoms. The average molecular weight is 341 g/mol. The average Bonchev–Trinajstić information content (AvgIpc) is 2.57. The van der Waals surface area contributed by atoms with E-state index >= 15 is 0 Å². The van der Waals surface area contributed by atoms with Crippen LogP contribution in [0.15, 0.2) is 58.7 Å². The Hall–Kier alpha value is -2.66. The van der Waals surface area contributed by atoms with Crippen LogP contribution in [0.3, 0.4) is 0 Å². The van der Waals surface area contributed by atoms with Crippen molar-refractivity contribution in [3.63, 3.8) is 0 Å². The van der Waals surface area contributed by atoms with Crippen molar-refractivity contribution in [3.8, 4) is 0 Å². The molecule has 6 heteroatoms. The molecule has 5 nitrogen and oxygen atoms in total. The summed E-state index contributed by atoms with van der Waals surface area (Å²) in [4.78, 5) is 11.9. The molecular formula is C18H17ClN4O. The standard InChI is InChI=1S/C18H17ClN4O/c1-12-6-8-13(9-7-12)16-10-17(24)22-18(21-16)23-20-11-14-4-2-3-5-15(14)19/h2-9,11,16H,10H2,1H3,(H2,21,22,23,24). The molecule has 1 aliphatic heterocycles. The fraction of sp³-hybridized carbons (Fsp3) is 0.167. The van der Waals surface area contributed by atoms with Gasteiger partial charge in [0, 0.05) is 10.6 Å². The first kappa shape index (κ1) is 16.2. The van der Waals surface area contributed by atoms with E-state index in [0.29, 0.717) is 17.4 Å². The molecule has 3 rings (SSSR count). The van der Waals surface area contributed by atoms with Gasteiger partial charge in [0.05, 0.1) is 18.7 Å². The number of guanidine groups is 1. The smallest absolute Gasteiger partial charge is 0.229 e. The van der Waals surface area contributed by atoms with Gasteiger partial charge in [0.2, 0.25) is 11.9 Å². The minimum atomic E-state index is -0.117. The molecule has 1 saturated heterocycles. The van der Waals surface area contributed by atoms with Crippen LogP contribution in [0, 0.1) is 6.92 Å². The number of hydrogen-bond acceptors (Lipinski definition) is 3. The van der Waals surface area contributed by atoms with Gasteiger partial charge < -0.3 is 5.32 Å². The van der Waals surface area contributed by atoms with E-state index < -0.39 is 0 Å². The fourth-order valence-corrected chi connectivity index (χ4v) is 2.59. The number of benzene rings is 2. The molecule has 0 bridgehead atoms. The van der Waals surface area contributed by atoms with E-state index in [1.807, 2.05) is 49.4 Å². The maximum absolute atomic E-state index is 11.9. The highest BCUT2D eigenvalue weighted by Gasteiger charge is 2.23. The second-order valence-electron chi connectivity index (χ2n) is 5.57. The number of carbonyl (C=O) groups is 1. The SMILES string of the molecule is Cc1ccc(C2CC(=O)NC(=NN=Cc3ccccc3Cl)N2)cc1. The monoisotopic (exact) mass is 340 g/mol. The largest absolute Gasteiger partial charge is 0.347 e. The maximum Gasteiger partial charge on any atom is 0.229 e. The first-order valence-corrected chi connectivity index (χ1v) is 7.98. The first-order valence-electron chi connectivity index (χ1n) is 7.60. The van der Waals surface area contributed by atoms with Gasteiger partial charge in [-0.25, -0.2) is 0 Å². The van der Waals surface area contributed by atoms with E-state index in [9.17, 15) is 4.79 Å². The zero-order chi connectivity index (χ0) is 16.9. The lowest BCUT2D eigenvalue weighted by Crippen LogP contribution is -2.49. The number of amides is 1. The Labute approximate surface area is 145 Å². The minimum absolute atomic E-state index is 0.0916. The second kappa shape index (κ2) is 7.27. The third-order valence-electron chi connectivity index (χ3n) is 3.70. The summed E-state index contributed by atoms with van der Waals surface area (Å²) in [5.41, 5.74) is 2.98. The molecule has 2 N–H and O–H groups in total. The van der Waals surface area contributed by atoms with Crippen molar-refractivity contribution >= 4 is 29.7 Å². The third kappa shape index (κ3) is 4.00. The van der Waals surface area contributed by atoms with Crippen molar-refractivity contribution in [2.75, 3.05) is 0 Å². The van der Waals surface area contributed by atoms with Crippen LogP contribution in [0.25, 0.3) is 0 Å². The molecule has 0 radical (unpaired) electrons. The summed E-state index contributed by atoms with van der Waals surface area (Å²) in [5.74, 6) is 0.242. The van der Waals surface area contributed by atoms with Crippen LogP contribution in [-0.4, -0.2) is 18.1 Å².